The Bertz CT molecular complexity index is 725. The number of sulfonamides is 1. The number of aromatic nitrogens is 3. The molecule has 0 N–H and O–H groups in total. The van der Waals surface area contributed by atoms with E-state index >= 15 is 0 Å². The topological polar surface area (TPSA) is 81.2 Å². The average molecular weight is 312 g/mol. The minimum absolute atomic E-state index is 0.0167. The van der Waals surface area contributed by atoms with Gasteiger partial charge in [-0.2, -0.15) is 4.31 Å². The molecule has 0 aromatic carbocycles. The Morgan fingerprint density at radius 3 is 2.52 bits per heavy atom. The summed E-state index contributed by atoms with van der Waals surface area (Å²) in [5.41, 5.74) is 0.654. The van der Waals surface area contributed by atoms with Gasteiger partial charge in [0.2, 0.25) is 0 Å². The van der Waals surface area contributed by atoms with Crippen LogP contribution in [0.15, 0.2) is 28.1 Å². The predicted octanol–water partition coefficient (Wildman–Crippen LogP) is 1.53. The Kier molecular flexibility index (Phi) is 3.94. The van der Waals surface area contributed by atoms with E-state index in [9.17, 15) is 8.42 Å². The first-order valence-electron chi connectivity index (χ1n) is 6.51. The molecule has 0 radical (unpaired) electrons. The predicted molar refractivity (Wildman–Crippen MR) is 77.1 cm³/mol. The van der Waals surface area contributed by atoms with Crippen molar-refractivity contribution < 1.29 is 12.9 Å². The first-order valence-corrected chi connectivity index (χ1v) is 7.95. The second-order valence-electron chi connectivity index (χ2n) is 6.07. The van der Waals surface area contributed by atoms with Gasteiger partial charge in [0, 0.05) is 31.8 Å². The molecule has 2 aromatic heterocycles. The summed E-state index contributed by atoms with van der Waals surface area (Å²) in [4.78, 5) is 3.88. The van der Waals surface area contributed by atoms with Crippen molar-refractivity contribution in [1.82, 2.24) is 19.0 Å². The molecule has 0 unspecified atom stereocenters. The van der Waals surface area contributed by atoms with Crippen LogP contribution in [0.5, 0.6) is 0 Å². The Morgan fingerprint density at radius 2 is 2.05 bits per heavy atom. The molecule has 116 valence electrons. The van der Waals surface area contributed by atoms with E-state index in [-0.39, 0.29) is 17.0 Å². The first-order chi connectivity index (χ1) is 9.60. The van der Waals surface area contributed by atoms with E-state index in [1.54, 1.807) is 17.7 Å². The molecule has 0 bridgehead atoms. The molecule has 0 amide bonds. The lowest BCUT2D eigenvalue weighted by atomic mass is 9.92. The van der Waals surface area contributed by atoms with Gasteiger partial charge in [-0.25, -0.2) is 13.4 Å². The van der Waals surface area contributed by atoms with E-state index in [1.165, 1.54) is 23.9 Å². The average Bonchev–Trinajstić information content (AvgIpc) is 2.97. The van der Waals surface area contributed by atoms with Crippen LogP contribution in [0.4, 0.5) is 0 Å². The maximum Gasteiger partial charge on any atom is 0.262 e. The number of aryl methyl sites for hydroxylation is 1. The van der Waals surface area contributed by atoms with Crippen molar-refractivity contribution in [2.75, 3.05) is 7.05 Å². The molecule has 0 saturated carbocycles. The molecule has 2 heterocycles. The van der Waals surface area contributed by atoms with Crippen molar-refractivity contribution in [1.29, 1.82) is 0 Å². The highest BCUT2D eigenvalue weighted by atomic mass is 32.2. The van der Waals surface area contributed by atoms with Gasteiger partial charge in [-0.15, -0.1) is 0 Å². The molecule has 21 heavy (non-hydrogen) atoms. The van der Waals surface area contributed by atoms with Crippen molar-refractivity contribution in [3.63, 3.8) is 0 Å². The molecule has 0 aliphatic carbocycles. The molecule has 0 atom stereocenters. The SMILES string of the molecule is CN(Cc1cc(C(C)(C)C)no1)S(=O)(=O)c1cn(C)cn1. The maximum atomic E-state index is 12.3. The summed E-state index contributed by atoms with van der Waals surface area (Å²) >= 11 is 0. The number of rotatable bonds is 4. The number of hydrogen-bond acceptors (Lipinski definition) is 5. The zero-order valence-corrected chi connectivity index (χ0v) is 13.7. The van der Waals surface area contributed by atoms with Crippen LogP contribution in [0, 0.1) is 0 Å². The zero-order chi connectivity index (χ0) is 15.8. The summed E-state index contributed by atoms with van der Waals surface area (Å²) in [5.74, 6) is 0.502. The fourth-order valence-electron chi connectivity index (χ4n) is 1.73. The Labute approximate surface area is 124 Å². The second kappa shape index (κ2) is 5.27. The number of hydrogen-bond donors (Lipinski definition) is 0. The summed E-state index contributed by atoms with van der Waals surface area (Å²) in [5, 5.41) is 4.00. The molecule has 0 fully saturated rings. The van der Waals surface area contributed by atoms with E-state index in [2.05, 4.69) is 10.1 Å². The quantitative estimate of drug-likeness (QED) is 0.855. The van der Waals surface area contributed by atoms with Crippen molar-refractivity contribution in [3.05, 3.63) is 30.0 Å². The van der Waals surface area contributed by atoms with Crippen LogP contribution in [0.25, 0.3) is 0 Å². The van der Waals surface area contributed by atoms with Gasteiger partial charge in [0.1, 0.15) is 0 Å². The minimum Gasteiger partial charge on any atom is -0.360 e. The molecular formula is C13H20N4O3S. The van der Waals surface area contributed by atoms with E-state index in [0.29, 0.717) is 5.76 Å². The van der Waals surface area contributed by atoms with Crippen molar-refractivity contribution in [2.24, 2.45) is 7.05 Å². The summed E-state index contributed by atoms with van der Waals surface area (Å²) in [7, 11) is -0.419. The molecular weight excluding hydrogens is 292 g/mol. The molecule has 7 nitrogen and oxygen atoms in total. The van der Waals surface area contributed by atoms with E-state index in [1.807, 2.05) is 20.8 Å². The van der Waals surface area contributed by atoms with Gasteiger partial charge in [0.15, 0.2) is 10.8 Å². The van der Waals surface area contributed by atoms with E-state index in [4.69, 9.17) is 4.52 Å². The second-order valence-corrected chi connectivity index (χ2v) is 8.06. The lowest BCUT2D eigenvalue weighted by molar-refractivity contribution is 0.332. The van der Waals surface area contributed by atoms with Crippen LogP contribution in [0.3, 0.4) is 0 Å². The third kappa shape index (κ3) is 3.33. The van der Waals surface area contributed by atoms with Crippen LogP contribution < -0.4 is 0 Å². The van der Waals surface area contributed by atoms with Crippen molar-refractivity contribution in [2.45, 2.75) is 37.8 Å². The van der Waals surface area contributed by atoms with Gasteiger partial charge >= 0.3 is 0 Å². The van der Waals surface area contributed by atoms with E-state index in [0.717, 1.165) is 5.69 Å². The zero-order valence-electron chi connectivity index (χ0n) is 12.9. The summed E-state index contributed by atoms with van der Waals surface area (Å²) in [6.45, 7) is 6.16. The third-order valence-electron chi connectivity index (χ3n) is 3.06. The summed E-state index contributed by atoms with van der Waals surface area (Å²) < 4.78 is 32.7. The van der Waals surface area contributed by atoms with Crippen LogP contribution in [0.2, 0.25) is 0 Å². The first kappa shape index (κ1) is 15.7. The molecule has 0 spiro atoms. The fourth-order valence-corrected chi connectivity index (χ4v) is 2.82. The summed E-state index contributed by atoms with van der Waals surface area (Å²) in [6, 6.07) is 1.78. The maximum absolute atomic E-state index is 12.3. The van der Waals surface area contributed by atoms with Gasteiger partial charge in [-0.05, 0) is 0 Å². The molecule has 0 saturated heterocycles. The lowest BCUT2D eigenvalue weighted by Crippen LogP contribution is -2.26. The highest BCUT2D eigenvalue weighted by Crippen LogP contribution is 2.23. The molecule has 8 heteroatoms. The number of nitrogens with zero attached hydrogens (tertiary/aromatic N) is 4. The Morgan fingerprint density at radius 1 is 1.38 bits per heavy atom. The van der Waals surface area contributed by atoms with Crippen LogP contribution in [0.1, 0.15) is 32.2 Å². The Hall–Kier alpha value is -1.67. The lowest BCUT2D eigenvalue weighted by Gasteiger charge is -2.14. The monoisotopic (exact) mass is 312 g/mol. The molecule has 0 aliphatic rings. The van der Waals surface area contributed by atoms with Crippen LogP contribution >= 0.6 is 0 Å². The van der Waals surface area contributed by atoms with Crippen molar-refractivity contribution >= 4 is 10.0 Å². The Balaban J connectivity index is 2.18. The molecule has 2 aromatic rings. The highest BCUT2D eigenvalue weighted by Gasteiger charge is 2.26. The number of imidazole rings is 1. The fraction of sp³-hybridized carbons (Fsp3) is 0.538. The standard InChI is InChI=1S/C13H20N4O3S/c1-13(2,3)11-6-10(20-15-11)7-17(5)21(18,19)12-8-16(4)9-14-12/h6,8-9H,7H2,1-5H3. The van der Waals surface area contributed by atoms with Crippen LogP contribution in [-0.2, 0) is 29.0 Å². The van der Waals surface area contributed by atoms with Crippen LogP contribution in [-0.4, -0.2) is 34.5 Å². The molecule has 2 rings (SSSR count). The van der Waals surface area contributed by atoms with Crippen molar-refractivity contribution in [3.8, 4) is 0 Å². The van der Waals surface area contributed by atoms with Gasteiger partial charge < -0.3 is 9.09 Å². The van der Waals surface area contributed by atoms with Gasteiger partial charge in [-0.3, -0.25) is 0 Å². The minimum atomic E-state index is -3.63. The van der Waals surface area contributed by atoms with E-state index < -0.39 is 10.0 Å². The van der Waals surface area contributed by atoms with Gasteiger partial charge in [0.25, 0.3) is 10.0 Å². The van der Waals surface area contributed by atoms with Gasteiger partial charge in [0.05, 0.1) is 18.6 Å². The highest BCUT2D eigenvalue weighted by molar-refractivity contribution is 7.89. The third-order valence-corrected chi connectivity index (χ3v) is 4.75. The van der Waals surface area contributed by atoms with Gasteiger partial charge in [-0.1, -0.05) is 25.9 Å². The molecule has 0 aliphatic heterocycles. The smallest absolute Gasteiger partial charge is 0.262 e. The normalized spacial score (nSPS) is 13.0. The summed E-state index contributed by atoms with van der Waals surface area (Å²) in [6.07, 6.45) is 2.92. The largest absolute Gasteiger partial charge is 0.360 e.